The Balaban J connectivity index is 1.63. The van der Waals surface area contributed by atoms with Crippen molar-refractivity contribution in [1.29, 1.82) is 0 Å². The molecule has 170 valence electrons. The van der Waals surface area contributed by atoms with Gasteiger partial charge in [0.25, 0.3) is 0 Å². The Morgan fingerprint density at radius 3 is 2.73 bits per heavy atom. The molecule has 7 nitrogen and oxygen atoms in total. The maximum absolute atomic E-state index is 11.9. The summed E-state index contributed by atoms with van der Waals surface area (Å²) in [6.45, 7) is 9.97. The average molecular weight is 465 g/mol. The summed E-state index contributed by atoms with van der Waals surface area (Å²) in [5, 5.41) is 4.69. The molecule has 0 spiro atoms. The summed E-state index contributed by atoms with van der Waals surface area (Å²) >= 11 is 6.64. The smallest absolute Gasteiger partial charge is 0.250 e. The molecule has 4 rings (SSSR count). The lowest BCUT2D eigenvalue weighted by Gasteiger charge is -2.17. The normalized spacial score (nSPS) is 15.6. The zero-order chi connectivity index (χ0) is 23.7. The molecule has 0 aliphatic carbocycles. The summed E-state index contributed by atoms with van der Waals surface area (Å²) in [7, 11) is 3.20. The molecule has 2 aromatic carbocycles. The number of methoxy groups -OCH3 is 2. The van der Waals surface area contributed by atoms with Crippen LogP contribution in [-0.2, 0) is 4.79 Å². The predicted molar refractivity (Wildman–Crippen MR) is 131 cm³/mol. The third kappa shape index (κ3) is 4.24. The SMILES string of the molecule is C=CC(=O)N1CC(Nc2ncc3cc(-c4c(C)c(OC)cc(OC)c4Cl)ccc3n2)CC1=C. The van der Waals surface area contributed by atoms with E-state index >= 15 is 0 Å². The van der Waals surface area contributed by atoms with Crippen molar-refractivity contribution in [3.63, 3.8) is 0 Å². The molecule has 1 aliphatic heterocycles. The van der Waals surface area contributed by atoms with Crippen molar-refractivity contribution in [3.05, 3.63) is 66.0 Å². The van der Waals surface area contributed by atoms with Crippen molar-refractivity contribution in [3.8, 4) is 22.6 Å². The van der Waals surface area contributed by atoms with Crippen LogP contribution in [0.5, 0.6) is 11.5 Å². The fourth-order valence-corrected chi connectivity index (χ4v) is 4.49. The van der Waals surface area contributed by atoms with Crippen LogP contribution in [0.25, 0.3) is 22.0 Å². The molecule has 8 heteroatoms. The first-order valence-corrected chi connectivity index (χ1v) is 10.8. The minimum atomic E-state index is -0.153. The monoisotopic (exact) mass is 464 g/mol. The number of carbonyl (C=O) groups is 1. The van der Waals surface area contributed by atoms with Gasteiger partial charge in [-0.2, -0.15) is 0 Å². The Hall–Kier alpha value is -3.58. The highest BCUT2D eigenvalue weighted by molar-refractivity contribution is 6.35. The second-order valence-electron chi connectivity index (χ2n) is 7.83. The van der Waals surface area contributed by atoms with Crippen LogP contribution in [0.1, 0.15) is 12.0 Å². The van der Waals surface area contributed by atoms with Gasteiger partial charge in [0.15, 0.2) is 0 Å². The number of carbonyl (C=O) groups excluding carboxylic acids is 1. The van der Waals surface area contributed by atoms with E-state index in [1.165, 1.54) is 6.08 Å². The minimum Gasteiger partial charge on any atom is -0.496 e. The number of nitrogens with zero attached hydrogens (tertiary/aromatic N) is 3. The highest BCUT2D eigenvalue weighted by atomic mass is 35.5. The Labute approximate surface area is 197 Å². The zero-order valence-corrected chi connectivity index (χ0v) is 19.6. The Bertz CT molecular complexity index is 1250. The number of nitrogens with one attached hydrogen (secondary N) is 1. The van der Waals surface area contributed by atoms with E-state index in [1.54, 1.807) is 31.4 Å². The van der Waals surface area contributed by atoms with Gasteiger partial charge in [0.2, 0.25) is 11.9 Å². The van der Waals surface area contributed by atoms with Crippen molar-refractivity contribution in [2.75, 3.05) is 26.1 Å². The van der Waals surface area contributed by atoms with Gasteiger partial charge >= 0.3 is 0 Å². The maximum Gasteiger partial charge on any atom is 0.250 e. The van der Waals surface area contributed by atoms with Crippen molar-refractivity contribution < 1.29 is 14.3 Å². The molecule has 1 unspecified atom stereocenters. The highest BCUT2D eigenvalue weighted by Crippen LogP contribution is 2.43. The summed E-state index contributed by atoms with van der Waals surface area (Å²) in [4.78, 5) is 22.7. The molecule has 33 heavy (non-hydrogen) atoms. The topological polar surface area (TPSA) is 76.6 Å². The summed E-state index contributed by atoms with van der Waals surface area (Å²) in [5.41, 5.74) is 4.21. The summed E-state index contributed by atoms with van der Waals surface area (Å²) in [5.74, 6) is 1.59. The number of anilines is 1. The molecule has 1 atom stereocenters. The van der Waals surface area contributed by atoms with E-state index in [9.17, 15) is 4.79 Å². The molecule has 1 fully saturated rings. The van der Waals surface area contributed by atoms with Crippen LogP contribution in [0.4, 0.5) is 5.95 Å². The van der Waals surface area contributed by atoms with E-state index in [0.29, 0.717) is 35.4 Å². The molecule has 1 aliphatic rings. The largest absolute Gasteiger partial charge is 0.496 e. The van der Waals surface area contributed by atoms with Gasteiger partial charge in [0, 0.05) is 47.4 Å². The van der Waals surface area contributed by atoms with E-state index in [1.807, 2.05) is 25.1 Å². The number of hydrogen-bond acceptors (Lipinski definition) is 6. The van der Waals surface area contributed by atoms with Crippen LogP contribution in [0.2, 0.25) is 5.02 Å². The minimum absolute atomic E-state index is 0.0103. The number of rotatable bonds is 6. The second-order valence-corrected chi connectivity index (χ2v) is 8.20. The molecule has 0 radical (unpaired) electrons. The molecule has 0 saturated carbocycles. The number of ether oxygens (including phenoxy) is 2. The number of likely N-dealkylation sites (tertiary alicyclic amines) is 1. The fourth-order valence-electron chi connectivity index (χ4n) is 4.11. The van der Waals surface area contributed by atoms with Crippen LogP contribution in [0.3, 0.4) is 0 Å². The van der Waals surface area contributed by atoms with Crippen LogP contribution in [0, 0.1) is 6.92 Å². The molecular weight excluding hydrogens is 440 g/mol. The van der Waals surface area contributed by atoms with Gasteiger partial charge in [-0.05, 0) is 30.7 Å². The lowest BCUT2D eigenvalue weighted by atomic mass is 9.98. The van der Waals surface area contributed by atoms with Gasteiger partial charge in [0.1, 0.15) is 11.5 Å². The Morgan fingerprint density at radius 1 is 1.27 bits per heavy atom. The van der Waals surface area contributed by atoms with E-state index in [2.05, 4.69) is 28.4 Å². The van der Waals surface area contributed by atoms with Crippen molar-refractivity contribution in [2.45, 2.75) is 19.4 Å². The number of fused-ring (bicyclic) bond motifs is 1. The number of aromatic nitrogens is 2. The summed E-state index contributed by atoms with van der Waals surface area (Å²) in [6.07, 6.45) is 3.70. The Morgan fingerprint density at radius 2 is 2.03 bits per heavy atom. The van der Waals surface area contributed by atoms with E-state index in [-0.39, 0.29) is 11.9 Å². The first-order chi connectivity index (χ1) is 15.9. The number of benzene rings is 2. The lowest BCUT2D eigenvalue weighted by molar-refractivity contribution is -0.123. The quantitative estimate of drug-likeness (QED) is 0.518. The molecule has 1 amide bonds. The van der Waals surface area contributed by atoms with Gasteiger partial charge in [0.05, 0.1) is 30.8 Å². The van der Waals surface area contributed by atoms with Crippen LogP contribution in [-0.4, -0.2) is 47.6 Å². The maximum atomic E-state index is 11.9. The third-order valence-corrected chi connectivity index (χ3v) is 6.17. The first kappa shape index (κ1) is 22.6. The van der Waals surface area contributed by atoms with Gasteiger partial charge in [-0.15, -0.1) is 0 Å². The van der Waals surface area contributed by atoms with Gasteiger partial charge in [-0.1, -0.05) is 30.8 Å². The van der Waals surface area contributed by atoms with Gasteiger partial charge < -0.3 is 19.7 Å². The fraction of sp³-hybridized carbons (Fsp3) is 0.240. The number of hydrogen-bond donors (Lipinski definition) is 1. The molecular formula is C25H25ClN4O3. The molecule has 2 heterocycles. The highest BCUT2D eigenvalue weighted by Gasteiger charge is 2.28. The first-order valence-electron chi connectivity index (χ1n) is 10.4. The van der Waals surface area contributed by atoms with Crippen molar-refractivity contribution in [2.24, 2.45) is 0 Å². The zero-order valence-electron chi connectivity index (χ0n) is 18.8. The van der Waals surface area contributed by atoms with Crippen LogP contribution in [0.15, 0.2) is 55.4 Å². The number of amides is 1. The van der Waals surface area contributed by atoms with Gasteiger partial charge in [-0.3, -0.25) is 4.79 Å². The molecule has 1 N–H and O–H groups in total. The summed E-state index contributed by atoms with van der Waals surface area (Å²) in [6, 6.07) is 7.66. The average Bonchev–Trinajstić information content (AvgIpc) is 3.18. The van der Waals surface area contributed by atoms with E-state index < -0.39 is 0 Å². The standard InChI is InChI=1S/C25H25ClN4O3/c1-6-22(31)30-13-18(9-14(30)2)28-25-27-12-17-10-16(7-8-19(17)29-25)23-15(3)20(32-4)11-21(33-5)24(23)26/h6-8,10-12,18H,1-2,9,13H2,3-5H3,(H,27,28,29). The lowest BCUT2D eigenvalue weighted by Crippen LogP contribution is -2.29. The van der Waals surface area contributed by atoms with Crippen LogP contribution >= 0.6 is 11.6 Å². The van der Waals surface area contributed by atoms with E-state index in [4.69, 9.17) is 21.1 Å². The van der Waals surface area contributed by atoms with Crippen LogP contribution < -0.4 is 14.8 Å². The predicted octanol–water partition coefficient (Wildman–Crippen LogP) is 4.99. The molecule has 1 aromatic heterocycles. The third-order valence-electron chi connectivity index (χ3n) is 5.79. The van der Waals surface area contributed by atoms with E-state index in [0.717, 1.165) is 33.3 Å². The number of halogens is 1. The Kier molecular flexibility index (Phi) is 6.24. The second kappa shape index (κ2) is 9.11. The molecule has 1 saturated heterocycles. The van der Waals surface area contributed by atoms with Crippen molar-refractivity contribution in [1.82, 2.24) is 14.9 Å². The molecule has 3 aromatic rings. The summed E-state index contributed by atoms with van der Waals surface area (Å²) < 4.78 is 10.9. The van der Waals surface area contributed by atoms with Crippen molar-refractivity contribution >= 4 is 34.4 Å². The molecule has 0 bridgehead atoms. The van der Waals surface area contributed by atoms with Gasteiger partial charge in [-0.25, -0.2) is 9.97 Å².